The molecule has 0 saturated carbocycles. The van der Waals surface area contributed by atoms with Crippen molar-refractivity contribution in [3.05, 3.63) is 63.6 Å². The van der Waals surface area contributed by atoms with E-state index < -0.39 is 0 Å². The second kappa shape index (κ2) is 6.82. The Kier molecular flexibility index (Phi) is 4.84. The summed E-state index contributed by atoms with van der Waals surface area (Å²) in [6.45, 7) is 5.25. The summed E-state index contributed by atoms with van der Waals surface area (Å²) in [4.78, 5) is 4.91. The number of piperazine rings is 1. The molecule has 21 heavy (non-hydrogen) atoms. The van der Waals surface area contributed by atoms with Gasteiger partial charge in [-0.25, -0.2) is 0 Å². The van der Waals surface area contributed by atoms with Gasteiger partial charge in [0.25, 0.3) is 0 Å². The normalized spacial score (nSPS) is 16.2. The van der Waals surface area contributed by atoms with E-state index >= 15 is 0 Å². The molecule has 0 aromatic heterocycles. The highest BCUT2D eigenvalue weighted by Crippen LogP contribution is 2.22. The van der Waals surface area contributed by atoms with Crippen LogP contribution in [0.15, 0.2) is 53.0 Å². The van der Waals surface area contributed by atoms with Crippen molar-refractivity contribution in [2.45, 2.75) is 6.54 Å². The van der Waals surface area contributed by atoms with Crippen LogP contribution < -0.4 is 4.90 Å². The molecule has 1 aliphatic heterocycles. The molecule has 0 spiro atoms. The third-order valence-corrected chi connectivity index (χ3v) is 4.91. The molecule has 0 unspecified atom stereocenters. The molecule has 2 aromatic rings. The summed E-state index contributed by atoms with van der Waals surface area (Å²) in [5, 5.41) is 0.808. The minimum atomic E-state index is 0.808. The molecular formula is C17H18BrClN2. The zero-order chi connectivity index (χ0) is 14.7. The summed E-state index contributed by atoms with van der Waals surface area (Å²) in [6.07, 6.45) is 0. The van der Waals surface area contributed by atoms with E-state index in [4.69, 9.17) is 11.6 Å². The monoisotopic (exact) mass is 364 g/mol. The van der Waals surface area contributed by atoms with Gasteiger partial charge in [0.2, 0.25) is 0 Å². The van der Waals surface area contributed by atoms with Crippen LogP contribution in [0.25, 0.3) is 0 Å². The zero-order valence-electron chi connectivity index (χ0n) is 11.8. The van der Waals surface area contributed by atoms with Crippen LogP contribution in [0.3, 0.4) is 0 Å². The topological polar surface area (TPSA) is 6.48 Å². The fraction of sp³-hybridized carbons (Fsp3) is 0.294. The van der Waals surface area contributed by atoms with Gasteiger partial charge in [0, 0.05) is 47.9 Å². The maximum Gasteiger partial charge on any atom is 0.0426 e. The van der Waals surface area contributed by atoms with Crippen molar-refractivity contribution in [1.82, 2.24) is 4.90 Å². The van der Waals surface area contributed by atoms with Gasteiger partial charge >= 0.3 is 0 Å². The highest BCUT2D eigenvalue weighted by atomic mass is 79.9. The zero-order valence-corrected chi connectivity index (χ0v) is 14.1. The molecule has 4 heteroatoms. The number of halogens is 2. The summed E-state index contributed by atoms with van der Waals surface area (Å²) in [7, 11) is 0. The minimum Gasteiger partial charge on any atom is -0.369 e. The van der Waals surface area contributed by atoms with E-state index in [0.29, 0.717) is 0 Å². The Bertz CT molecular complexity index is 609. The van der Waals surface area contributed by atoms with Crippen molar-refractivity contribution in [3.8, 4) is 0 Å². The third kappa shape index (κ3) is 3.79. The van der Waals surface area contributed by atoms with Gasteiger partial charge in [-0.05, 0) is 29.8 Å². The first-order chi connectivity index (χ1) is 10.2. The van der Waals surface area contributed by atoms with Crippen LogP contribution in [0, 0.1) is 0 Å². The second-order valence-corrected chi connectivity index (χ2v) is 6.63. The lowest BCUT2D eigenvalue weighted by Gasteiger charge is -2.36. The molecule has 1 saturated heterocycles. The molecule has 0 radical (unpaired) electrons. The highest BCUT2D eigenvalue weighted by Gasteiger charge is 2.18. The first kappa shape index (κ1) is 14.9. The molecule has 2 nitrogen and oxygen atoms in total. The van der Waals surface area contributed by atoms with Crippen molar-refractivity contribution in [2.75, 3.05) is 31.1 Å². The van der Waals surface area contributed by atoms with Gasteiger partial charge in [-0.1, -0.05) is 51.8 Å². The van der Waals surface area contributed by atoms with Gasteiger partial charge in [-0.3, -0.25) is 4.90 Å². The Morgan fingerprint density at radius 3 is 2.43 bits per heavy atom. The van der Waals surface area contributed by atoms with Crippen LogP contribution >= 0.6 is 27.5 Å². The summed E-state index contributed by atoms with van der Waals surface area (Å²) >= 11 is 9.70. The smallest absolute Gasteiger partial charge is 0.0426 e. The number of hydrogen-bond donors (Lipinski definition) is 0. The summed E-state index contributed by atoms with van der Waals surface area (Å²) in [5.41, 5.74) is 2.58. The Hall–Kier alpha value is -1.03. The number of rotatable bonds is 3. The van der Waals surface area contributed by atoms with Gasteiger partial charge < -0.3 is 4.90 Å². The Balaban J connectivity index is 1.59. The lowest BCUT2D eigenvalue weighted by Crippen LogP contribution is -2.46. The second-order valence-electron chi connectivity index (χ2n) is 5.33. The average Bonchev–Trinajstić information content (AvgIpc) is 2.50. The van der Waals surface area contributed by atoms with E-state index in [0.717, 1.165) is 37.7 Å². The standard InChI is InChI=1S/C17H18BrClN2/c18-17-7-2-1-4-14(17)13-20-8-10-21(11-9-20)16-6-3-5-15(19)12-16/h1-7,12H,8-11,13H2. The van der Waals surface area contributed by atoms with Gasteiger partial charge in [0.05, 0.1) is 0 Å². The van der Waals surface area contributed by atoms with E-state index in [2.05, 4.69) is 56.1 Å². The molecule has 1 fully saturated rings. The molecule has 0 aliphatic carbocycles. The number of benzene rings is 2. The molecule has 0 bridgehead atoms. The van der Waals surface area contributed by atoms with Crippen molar-refractivity contribution in [2.24, 2.45) is 0 Å². The van der Waals surface area contributed by atoms with Crippen LogP contribution in [0.5, 0.6) is 0 Å². The van der Waals surface area contributed by atoms with Crippen LogP contribution in [-0.2, 0) is 6.54 Å². The summed E-state index contributed by atoms with van der Waals surface area (Å²) in [6, 6.07) is 16.6. The molecule has 3 rings (SSSR count). The maximum atomic E-state index is 6.08. The van der Waals surface area contributed by atoms with Crippen molar-refractivity contribution in [3.63, 3.8) is 0 Å². The summed E-state index contributed by atoms with van der Waals surface area (Å²) < 4.78 is 1.20. The van der Waals surface area contributed by atoms with Crippen molar-refractivity contribution >= 4 is 33.2 Å². The molecule has 110 valence electrons. The lowest BCUT2D eigenvalue weighted by atomic mass is 10.2. The predicted molar refractivity (Wildman–Crippen MR) is 93.1 cm³/mol. The molecule has 0 atom stereocenters. The van der Waals surface area contributed by atoms with E-state index in [1.807, 2.05) is 18.2 Å². The van der Waals surface area contributed by atoms with Crippen LogP contribution in [-0.4, -0.2) is 31.1 Å². The number of anilines is 1. The highest BCUT2D eigenvalue weighted by molar-refractivity contribution is 9.10. The van der Waals surface area contributed by atoms with E-state index in [1.54, 1.807) is 0 Å². The van der Waals surface area contributed by atoms with Crippen LogP contribution in [0.2, 0.25) is 5.02 Å². The number of hydrogen-bond acceptors (Lipinski definition) is 2. The molecular weight excluding hydrogens is 348 g/mol. The van der Waals surface area contributed by atoms with Crippen LogP contribution in [0.4, 0.5) is 5.69 Å². The molecule has 1 heterocycles. The fourth-order valence-electron chi connectivity index (χ4n) is 2.70. The van der Waals surface area contributed by atoms with Gasteiger partial charge in [0.15, 0.2) is 0 Å². The van der Waals surface area contributed by atoms with Gasteiger partial charge in [0.1, 0.15) is 0 Å². The lowest BCUT2D eigenvalue weighted by molar-refractivity contribution is 0.249. The van der Waals surface area contributed by atoms with Crippen molar-refractivity contribution < 1.29 is 0 Å². The van der Waals surface area contributed by atoms with Gasteiger partial charge in [-0.15, -0.1) is 0 Å². The van der Waals surface area contributed by atoms with Crippen molar-refractivity contribution in [1.29, 1.82) is 0 Å². The quantitative estimate of drug-likeness (QED) is 0.794. The van der Waals surface area contributed by atoms with E-state index in [9.17, 15) is 0 Å². The molecule has 2 aromatic carbocycles. The Morgan fingerprint density at radius 2 is 1.71 bits per heavy atom. The number of nitrogens with zero attached hydrogens (tertiary/aromatic N) is 2. The fourth-order valence-corrected chi connectivity index (χ4v) is 3.30. The van der Waals surface area contributed by atoms with Crippen LogP contribution in [0.1, 0.15) is 5.56 Å². The molecule has 0 N–H and O–H groups in total. The average molecular weight is 366 g/mol. The third-order valence-electron chi connectivity index (χ3n) is 3.90. The first-order valence-electron chi connectivity index (χ1n) is 7.18. The van der Waals surface area contributed by atoms with E-state index in [-0.39, 0.29) is 0 Å². The Morgan fingerprint density at radius 1 is 0.952 bits per heavy atom. The molecule has 0 amide bonds. The predicted octanol–water partition coefficient (Wildman–Crippen LogP) is 4.42. The Labute approximate surface area is 139 Å². The SMILES string of the molecule is Clc1cccc(N2CCN(Cc3ccccc3Br)CC2)c1. The summed E-state index contributed by atoms with van der Waals surface area (Å²) in [5.74, 6) is 0. The maximum absolute atomic E-state index is 6.08. The van der Waals surface area contributed by atoms with E-state index in [1.165, 1.54) is 15.7 Å². The minimum absolute atomic E-state index is 0.808. The first-order valence-corrected chi connectivity index (χ1v) is 8.36. The van der Waals surface area contributed by atoms with Gasteiger partial charge in [-0.2, -0.15) is 0 Å². The molecule has 1 aliphatic rings. The largest absolute Gasteiger partial charge is 0.369 e.